The van der Waals surface area contributed by atoms with Crippen LogP contribution in [0.2, 0.25) is 0 Å². The van der Waals surface area contributed by atoms with E-state index in [4.69, 9.17) is 0 Å². The molecule has 3 rings (SSSR count). The fourth-order valence-corrected chi connectivity index (χ4v) is 5.77. The van der Waals surface area contributed by atoms with E-state index in [1.165, 1.54) is 4.31 Å². The van der Waals surface area contributed by atoms with Gasteiger partial charge in [-0.25, -0.2) is 8.42 Å². The molecule has 0 saturated carbocycles. The highest BCUT2D eigenvalue weighted by atomic mass is 35.5. The number of halogens is 1. The number of aromatic amines is 1. The number of hydrogen-bond donors (Lipinski definition) is 3. The molecular weight excluding hydrogens is 390 g/mol. The summed E-state index contributed by atoms with van der Waals surface area (Å²) in [5.74, 6) is 0.144. The van der Waals surface area contributed by atoms with Crippen LogP contribution in [-0.4, -0.2) is 61.6 Å². The number of carbonyl (C=O) groups is 1. The van der Waals surface area contributed by atoms with Gasteiger partial charge in [-0.15, -0.1) is 12.4 Å². The minimum absolute atomic E-state index is 0. The Hall–Kier alpha value is -1.16. The number of sulfonamides is 1. The molecule has 8 nitrogen and oxygen atoms in total. The fraction of sp³-hybridized carbons (Fsp3) is 0.765. The fourth-order valence-electron chi connectivity index (χ4n) is 3.91. The minimum atomic E-state index is -3.63. The Kier molecular flexibility index (Phi) is 7.67. The molecule has 1 aromatic rings. The Balaban J connectivity index is 0.00000261. The predicted molar refractivity (Wildman–Crippen MR) is 105 cm³/mol. The summed E-state index contributed by atoms with van der Waals surface area (Å²) in [5.41, 5.74) is 1.01. The lowest BCUT2D eigenvalue weighted by Gasteiger charge is -2.32. The van der Waals surface area contributed by atoms with Crippen LogP contribution in [0, 0.1) is 25.7 Å². The third-order valence-electron chi connectivity index (χ3n) is 5.38. The van der Waals surface area contributed by atoms with Gasteiger partial charge < -0.3 is 10.6 Å². The normalized spacial score (nSPS) is 24.2. The van der Waals surface area contributed by atoms with Gasteiger partial charge in [-0.2, -0.15) is 9.40 Å². The molecule has 0 radical (unpaired) electrons. The third kappa shape index (κ3) is 5.01. The van der Waals surface area contributed by atoms with Crippen molar-refractivity contribution in [1.82, 2.24) is 25.1 Å². The lowest BCUT2D eigenvalue weighted by atomic mass is 9.97. The number of nitrogens with one attached hydrogen (secondary N) is 3. The van der Waals surface area contributed by atoms with Crippen LogP contribution in [0.15, 0.2) is 4.90 Å². The number of aryl methyl sites for hydroxylation is 2. The maximum absolute atomic E-state index is 13.0. The first-order valence-corrected chi connectivity index (χ1v) is 10.8. The summed E-state index contributed by atoms with van der Waals surface area (Å²) < 4.78 is 27.4. The molecule has 0 aromatic carbocycles. The molecule has 0 spiro atoms. The van der Waals surface area contributed by atoms with Gasteiger partial charge in [0.25, 0.3) is 0 Å². The van der Waals surface area contributed by atoms with Crippen molar-refractivity contribution in [2.75, 3.05) is 32.7 Å². The first-order chi connectivity index (χ1) is 12.4. The number of amides is 1. The molecule has 3 heterocycles. The zero-order valence-corrected chi connectivity index (χ0v) is 17.6. The van der Waals surface area contributed by atoms with E-state index in [0.29, 0.717) is 36.8 Å². The van der Waals surface area contributed by atoms with Gasteiger partial charge in [0.2, 0.25) is 15.9 Å². The number of rotatable bonds is 5. The number of carbonyl (C=O) groups excluding carboxylic acids is 1. The van der Waals surface area contributed by atoms with E-state index >= 15 is 0 Å². The number of hydrogen-bond acceptors (Lipinski definition) is 5. The van der Waals surface area contributed by atoms with Crippen LogP contribution in [0.5, 0.6) is 0 Å². The summed E-state index contributed by atoms with van der Waals surface area (Å²) in [6.07, 6.45) is 3.68. The van der Waals surface area contributed by atoms with Crippen molar-refractivity contribution < 1.29 is 13.2 Å². The zero-order valence-electron chi connectivity index (χ0n) is 16.0. The number of nitrogens with zero attached hydrogens (tertiary/aromatic N) is 2. The molecular formula is C17H30ClN5O3S. The van der Waals surface area contributed by atoms with Gasteiger partial charge in [-0.3, -0.25) is 9.89 Å². The van der Waals surface area contributed by atoms with Crippen LogP contribution in [-0.2, 0) is 14.8 Å². The van der Waals surface area contributed by atoms with E-state index in [2.05, 4.69) is 20.8 Å². The van der Waals surface area contributed by atoms with Gasteiger partial charge in [0.15, 0.2) is 0 Å². The molecule has 2 atom stereocenters. The van der Waals surface area contributed by atoms with Crippen molar-refractivity contribution in [2.45, 2.75) is 44.4 Å². The van der Waals surface area contributed by atoms with E-state index in [1.807, 2.05) is 0 Å². The second-order valence-electron chi connectivity index (χ2n) is 7.42. The second-order valence-corrected chi connectivity index (χ2v) is 9.30. The quantitative estimate of drug-likeness (QED) is 0.659. The number of piperidine rings is 2. The van der Waals surface area contributed by atoms with Crippen molar-refractivity contribution >= 4 is 28.3 Å². The molecule has 3 N–H and O–H groups in total. The molecule has 1 amide bonds. The van der Waals surface area contributed by atoms with Gasteiger partial charge in [-0.1, -0.05) is 0 Å². The summed E-state index contributed by atoms with van der Waals surface area (Å²) in [6.45, 7) is 6.72. The molecule has 10 heteroatoms. The Morgan fingerprint density at radius 3 is 2.70 bits per heavy atom. The van der Waals surface area contributed by atoms with E-state index < -0.39 is 10.0 Å². The molecule has 2 saturated heterocycles. The van der Waals surface area contributed by atoms with Gasteiger partial charge in [0, 0.05) is 19.6 Å². The molecule has 154 valence electrons. The maximum atomic E-state index is 13.0. The Bertz CT molecular complexity index is 726. The van der Waals surface area contributed by atoms with Gasteiger partial charge in [0.05, 0.1) is 17.3 Å². The monoisotopic (exact) mass is 419 g/mol. The highest BCUT2D eigenvalue weighted by molar-refractivity contribution is 7.89. The smallest absolute Gasteiger partial charge is 0.246 e. The maximum Gasteiger partial charge on any atom is 0.246 e. The van der Waals surface area contributed by atoms with E-state index in [1.54, 1.807) is 13.8 Å². The van der Waals surface area contributed by atoms with Crippen LogP contribution in [0.4, 0.5) is 0 Å². The van der Waals surface area contributed by atoms with Crippen molar-refractivity contribution in [3.05, 3.63) is 11.4 Å². The van der Waals surface area contributed by atoms with Crippen LogP contribution >= 0.6 is 12.4 Å². The largest absolute Gasteiger partial charge is 0.355 e. The number of H-pyrrole nitrogens is 1. The highest BCUT2D eigenvalue weighted by Gasteiger charge is 2.35. The summed E-state index contributed by atoms with van der Waals surface area (Å²) in [4.78, 5) is 12.8. The van der Waals surface area contributed by atoms with Crippen molar-refractivity contribution in [3.63, 3.8) is 0 Å². The zero-order chi connectivity index (χ0) is 18.7. The summed E-state index contributed by atoms with van der Waals surface area (Å²) in [5, 5.41) is 13.1. The summed E-state index contributed by atoms with van der Waals surface area (Å²) in [7, 11) is -3.63. The molecule has 0 aliphatic carbocycles. The lowest BCUT2D eigenvalue weighted by molar-refractivity contribution is -0.126. The van der Waals surface area contributed by atoms with Crippen molar-refractivity contribution in [1.29, 1.82) is 0 Å². The molecule has 2 fully saturated rings. The first kappa shape index (κ1) is 22.1. The van der Waals surface area contributed by atoms with Crippen LogP contribution in [0.1, 0.15) is 37.1 Å². The Labute approximate surface area is 167 Å². The van der Waals surface area contributed by atoms with Crippen LogP contribution in [0.25, 0.3) is 0 Å². The van der Waals surface area contributed by atoms with Crippen molar-refractivity contribution in [3.8, 4) is 0 Å². The average Bonchev–Trinajstić information content (AvgIpc) is 2.99. The minimum Gasteiger partial charge on any atom is -0.355 e. The van der Waals surface area contributed by atoms with Crippen molar-refractivity contribution in [2.24, 2.45) is 11.8 Å². The molecule has 0 bridgehead atoms. The van der Waals surface area contributed by atoms with Gasteiger partial charge >= 0.3 is 0 Å². The van der Waals surface area contributed by atoms with Gasteiger partial charge in [-0.05, 0) is 58.5 Å². The van der Waals surface area contributed by atoms with Crippen LogP contribution < -0.4 is 10.6 Å². The molecule has 2 aliphatic rings. The van der Waals surface area contributed by atoms with Crippen LogP contribution in [0.3, 0.4) is 0 Å². The number of aromatic nitrogens is 2. The molecule has 2 unspecified atom stereocenters. The highest BCUT2D eigenvalue weighted by Crippen LogP contribution is 2.27. The molecule has 2 aliphatic heterocycles. The summed E-state index contributed by atoms with van der Waals surface area (Å²) in [6, 6.07) is 0. The standard InChI is InChI=1S/C17H29N5O3S.ClH/c1-12-16(13(2)21-20-12)26(24,25)22-8-4-6-15(11-22)17(23)19-10-14-5-3-7-18-9-14;/h14-15,18H,3-11H2,1-2H3,(H,19,23)(H,20,21);1H. The topological polar surface area (TPSA) is 107 Å². The summed E-state index contributed by atoms with van der Waals surface area (Å²) >= 11 is 0. The lowest BCUT2D eigenvalue weighted by Crippen LogP contribution is -2.47. The Morgan fingerprint density at radius 1 is 1.30 bits per heavy atom. The SMILES string of the molecule is Cc1n[nH]c(C)c1S(=O)(=O)N1CCCC(C(=O)NCC2CCCNC2)C1.Cl. The third-order valence-corrected chi connectivity index (χ3v) is 7.51. The Morgan fingerprint density at radius 2 is 2.07 bits per heavy atom. The van der Waals surface area contributed by atoms with E-state index in [0.717, 1.165) is 32.4 Å². The first-order valence-electron chi connectivity index (χ1n) is 9.39. The average molecular weight is 420 g/mol. The van der Waals surface area contributed by atoms with E-state index in [-0.39, 0.29) is 35.7 Å². The predicted octanol–water partition coefficient (Wildman–Crippen LogP) is 0.965. The van der Waals surface area contributed by atoms with E-state index in [9.17, 15) is 13.2 Å². The molecule has 27 heavy (non-hydrogen) atoms. The second kappa shape index (κ2) is 9.36. The molecule has 1 aromatic heterocycles. The van der Waals surface area contributed by atoms with Gasteiger partial charge in [0.1, 0.15) is 4.90 Å².